The summed E-state index contributed by atoms with van der Waals surface area (Å²) in [6.45, 7) is 0.681. The van der Waals surface area contributed by atoms with Crippen molar-refractivity contribution in [3.8, 4) is 0 Å². The molecule has 0 atom stereocenters. The first-order valence-electron chi connectivity index (χ1n) is 6.15. The van der Waals surface area contributed by atoms with Crippen LogP contribution in [0.15, 0.2) is 36.4 Å². The van der Waals surface area contributed by atoms with E-state index in [0.717, 1.165) is 21.9 Å². The van der Waals surface area contributed by atoms with Gasteiger partial charge in [0.05, 0.1) is 11.3 Å². The number of para-hydroxylation sites is 1. The molecule has 2 heterocycles. The summed E-state index contributed by atoms with van der Waals surface area (Å²) in [6.07, 6.45) is 2.00. The minimum Gasteiger partial charge on any atom is -0.397 e. The Bertz CT molecular complexity index is 691. The molecule has 1 aliphatic heterocycles. The normalized spacial score (nSPS) is 13.1. The molecule has 3 rings (SSSR count). The molecule has 1 aliphatic rings. The van der Waals surface area contributed by atoms with Gasteiger partial charge < -0.3 is 22.1 Å². The van der Waals surface area contributed by atoms with Gasteiger partial charge in [-0.05, 0) is 18.2 Å². The molecule has 2 aromatic rings. The van der Waals surface area contributed by atoms with Gasteiger partial charge in [-0.15, -0.1) is 11.3 Å². The number of thiophene rings is 1. The number of rotatable bonds is 3. The Morgan fingerprint density at radius 1 is 1.30 bits per heavy atom. The van der Waals surface area contributed by atoms with E-state index >= 15 is 0 Å². The highest BCUT2D eigenvalue weighted by molar-refractivity contribution is 7.19. The monoisotopic (exact) mass is 286 g/mol. The third-order valence-electron chi connectivity index (χ3n) is 3.06. The first-order valence-corrected chi connectivity index (χ1v) is 6.97. The van der Waals surface area contributed by atoms with Gasteiger partial charge in [-0.3, -0.25) is 4.79 Å². The average molecular weight is 286 g/mol. The van der Waals surface area contributed by atoms with Crippen LogP contribution in [0.1, 0.15) is 15.2 Å². The summed E-state index contributed by atoms with van der Waals surface area (Å²) in [4.78, 5) is 11.8. The second-order valence-electron chi connectivity index (χ2n) is 4.40. The van der Waals surface area contributed by atoms with Crippen LogP contribution in [0.3, 0.4) is 0 Å². The number of nitrogen functional groups attached to an aromatic ring is 1. The number of primary amides is 1. The molecule has 5 nitrogen and oxygen atoms in total. The lowest BCUT2D eigenvalue weighted by Gasteiger charge is -2.18. The molecule has 0 aliphatic carbocycles. The van der Waals surface area contributed by atoms with E-state index in [1.54, 1.807) is 0 Å². The van der Waals surface area contributed by atoms with Crippen molar-refractivity contribution >= 4 is 39.3 Å². The van der Waals surface area contributed by atoms with E-state index in [1.165, 1.54) is 11.3 Å². The number of hydrogen-bond donors (Lipinski definition) is 4. The zero-order chi connectivity index (χ0) is 14.1. The SMILES string of the molecule is NC(=O)c1sc2c(c1N)C(Nc1ccccc1)=CCN2. The molecule has 0 spiro atoms. The van der Waals surface area contributed by atoms with Crippen LogP contribution in [0.2, 0.25) is 0 Å². The molecule has 0 unspecified atom stereocenters. The molecule has 1 amide bonds. The molecular formula is C14H14N4OS. The summed E-state index contributed by atoms with van der Waals surface area (Å²) in [7, 11) is 0. The number of fused-ring (bicyclic) bond motifs is 1. The van der Waals surface area contributed by atoms with Crippen LogP contribution in [-0.2, 0) is 0 Å². The fourth-order valence-electron chi connectivity index (χ4n) is 2.16. The molecule has 0 saturated heterocycles. The van der Waals surface area contributed by atoms with Gasteiger partial charge >= 0.3 is 0 Å². The van der Waals surface area contributed by atoms with Gasteiger partial charge in [0, 0.05) is 17.9 Å². The Hall–Kier alpha value is -2.47. The maximum absolute atomic E-state index is 11.4. The predicted octanol–water partition coefficient (Wildman–Crippen LogP) is 2.31. The van der Waals surface area contributed by atoms with Crippen molar-refractivity contribution in [3.05, 3.63) is 46.8 Å². The Balaban J connectivity index is 2.00. The number of carbonyl (C=O) groups is 1. The lowest BCUT2D eigenvalue weighted by atomic mass is 10.1. The lowest BCUT2D eigenvalue weighted by Crippen LogP contribution is -2.13. The zero-order valence-electron chi connectivity index (χ0n) is 10.6. The Morgan fingerprint density at radius 3 is 2.75 bits per heavy atom. The number of benzene rings is 1. The predicted molar refractivity (Wildman–Crippen MR) is 83.8 cm³/mol. The van der Waals surface area contributed by atoms with E-state index in [-0.39, 0.29) is 0 Å². The summed E-state index contributed by atoms with van der Waals surface area (Å²) >= 11 is 1.29. The molecular weight excluding hydrogens is 272 g/mol. The number of nitrogens with one attached hydrogen (secondary N) is 2. The van der Waals surface area contributed by atoms with Crippen LogP contribution in [0, 0.1) is 0 Å². The van der Waals surface area contributed by atoms with E-state index < -0.39 is 5.91 Å². The summed E-state index contributed by atoms with van der Waals surface area (Å²) in [5.74, 6) is -0.497. The van der Waals surface area contributed by atoms with Gasteiger partial charge in [0.2, 0.25) is 0 Å². The quantitative estimate of drug-likeness (QED) is 0.696. The lowest BCUT2D eigenvalue weighted by molar-refractivity contribution is 0.100. The molecule has 0 saturated carbocycles. The van der Waals surface area contributed by atoms with Crippen molar-refractivity contribution in [1.82, 2.24) is 0 Å². The van der Waals surface area contributed by atoms with Crippen molar-refractivity contribution in [1.29, 1.82) is 0 Å². The maximum Gasteiger partial charge on any atom is 0.260 e. The van der Waals surface area contributed by atoms with E-state index in [0.29, 0.717) is 17.1 Å². The minimum absolute atomic E-state index is 0.394. The van der Waals surface area contributed by atoms with E-state index in [9.17, 15) is 4.79 Å². The smallest absolute Gasteiger partial charge is 0.260 e. The van der Waals surface area contributed by atoms with Crippen LogP contribution >= 0.6 is 11.3 Å². The van der Waals surface area contributed by atoms with Gasteiger partial charge in [-0.2, -0.15) is 0 Å². The topological polar surface area (TPSA) is 93.2 Å². The van der Waals surface area contributed by atoms with E-state index in [2.05, 4.69) is 10.6 Å². The van der Waals surface area contributed by atoms with Gasteiger partial charge in [0.25, 0.3) is 5.91 Å². The fourth-order valence-corrected chi connectivity index (χ4v) is 3.15. The molecule has 0 bridgehead atoms. The molecule has 6 heteroatoms. The maximum atomic E-state index is 11.4. The largest absolute Gasteiger partial charge is 0.397 e. The van der Waals surface area contributed by atoms with Gasteiger partial charge in [-0.25, -0.2) is 0 Å². The van der Waals surface area contributed by atoms with E-state index in [4.69, 9.17) is 11.5 Å². The van der Waals surface area contributed by atoms with Crippen LogP contribution in [0.5, 0.6) is 0 Å². The highest BCUT2D eigenvalue weighted by Crippen LogP contribution is 2.41. The Morgan fingerprint density at radius 2 is 2.05 bits per heavy atom. The summed E-state index contributed by atoms with van der Waals surface area (Å²) in [6, 6.07) is 9.81. The highest BCUT2D eigenvalue weighted by atomic mass is 32.1. The molecule has 20 heavy (non-hydrogen) atoms. The third kappa shape index (κ3) is 2.10. The number of amides is 1. The van der Waals surface area contributed by atoms with Crippen molar-refractivity contribution < 1.29 is 4.79 Å². The summed E-state index contributed by atoms with van der Waals surface area (Å²) in [5.41, 5.74) is 14.5. The Labute approximate surface area is 120 Å². The van der Waals surface area contributed by atoms with Crippen LogP contribution in [0.25, 0.3) is 5.70 Å². The molecule has 1 aromatic heterocycles. The summed E-state index contributed by atoms with van der Waals surface area (Å²) < 4.78 is 0. The van der Waals surface area contributed by atoms with Crippen LogP contribution in [0.4, 0.5) is 16.4 Å². The van der Waals surface area contributed by atoms with E-state index in [1.807, 2.05) is 36.4 Å². The van der Waals surface area contributed by atoms with Crippen molar-refractivity contribution in [2.24, 2.45) is 5.73 Å². The zero-order valence-corrected chi connectivity index (χ0v) is 11.5. The minimum atomic E-state index is -0.497. The first kappa shape index (κ1) is 12.6. The molecule has 1 aromatic carbocycles. The third-order valence-corrected chi connectivity index (χ3v) is 4.24. The molecule has 0 radical (unpaired) electrons. The number of hydrogen-bond acceptors (Lipinski definition) is 5. The molecule has 6 N–H and O–H groups in total. The number of anilines is 3. The van der Waals surface area contributed by atoms with Crippen LogP contribution in [-0.4, -0.2) is 12.5 Å². The first-order chi connectivity index (χ1) is 9.66. The number of carbonyl (C=O) groups excluding carboxylic acids is 1. The van der Waals surface area contributed by atoms with Gasteiger partial charge in [0.15, 0.2) is 0 Å². The standard InChI is InChI=1S/C14H14N4OS/c15-11-10-9(18-8-4-2-1-3-5-8)6-7-17-14(10)20-12(11)13(16)19/h1-6,17-18H,7,15H2,(H2,16,19). The van der Waals surface area contributed by atoms with Crippen LogP contribution < -0.4 is 22.1 Å². The molecule has 102 valence electrons. The second kappa shape index (κ2) is 4.90. The van der Waals surface area contributed by atoms with Gasteiger partial charge in [-0.1, -0.05) is 18.2 Å². The highest BCUT2D eigenvalue weighted by Gasteiger charge is 2.24. The van der Waals surface area contributed by atoms with Crippen molar-refractivity contribution in [3.63, 3.8) is 0 Å². The van der Waals surface area contributed by atoms with Gasteiger partial charge in [0.1, 0.15) is 9.88 Å². The fraction of sp³-hybridized carbons (Fsp3) is 0.0714. The molecule has 0 fully saturated rings. The summed E-state index contributed by atoms with van der Waals surface area (Å²) in [5, 5.41) is 7.41. The second-order valence-corrected chi connectivity index (χ2v) is 5.42. The Kier molecular flexibility index (Phi) is 3.08. The van der Waals surface area contributed by atoms with Crippen molar-refractivity contribution in [2.45, 2.75) is 0 Å². The van der Waals surface area contributed by atoms with Crippen molar-refractivity contribution in [2.75, 3.05) is 22.9 Å². The number of nitrogens with two attached hydrogens (primary N) is 2. The average Bonchev–Trinajstić information content (AvgIpc) is 2.79.